The molecule has 3 rings (SSSR count). The van der Waals surface area contributed by atoms with Gasteiger partial charge in [0.15, 0.2) is 0 Å². The molecule has 0 unspecified atom stereocenters. The van der Waals surface area contributed by atoms with Crippen molar-refractivity contribution in [2.45, 2.75) is 197 Å². The molecule has 42 heavy (non-hydrogen) atoms. The Morgan fingerprint density at radius 2 is 0.476 bits per heavy atom. The third-order valence-electron chi connectivity index (χ3n) is 10.2. The predicted octanol–water partition coefficient (Wildman–Crippen LogP) is 12.4. The molecule has 0 spiro atoms. The van der Waals surface area contributed by atoms with Crippen molar-refractivity contribution in [3.8, 4) is 0 Å². The third-order valence-corrected chi connectivity index (χ3v) is 10.2. The van der Waals surface area contributed by atoms with Crippen LogP contribution in [0.4, 0.5) is 0 Å². The highest BCUT2D eigenvalue weighted by molar-refractivity contribution is 5.63. The summed E-state index contributed by atoms with van der Waals surface area (Å²) in [6.07, 6.45) is 28.2. The second kappa shape index (κ2) is 18.3. The molecule has 2 aromatic carbocycles. The Morgan fingerprint density at radius 1 is 0.262 bits per heavy atom. The summed E-state index contributed by atoms with van der Waals surface area (Å²) in [5.41, 5.74) is 21.6. The summed E-state index contributed by atoms with van der Waals surface area (Å²) in [6.45, 7) is 19.2. The highest BCUT2D eigenvalue weighted by Crippen LogP contribution is 2.43. The van der Waals surface area contributed by atoms with Gasteiger partial charge in [-0.3, -0.25) is 0 Å². The summed E-state index contributed by atoms with van der Waals surface area (Å²) in [5.74, 6) is 0. The smallest absolute Gasteiger partial charge is 0.00142 e. The Kier molecular flexibility index (Phi) is 15.2. The Labute approximate surface area is 262 Å². The second-order valence-electron chi connectivity index (χ2n) is 13.5. The van der Waals surface area contributed by atoms with Crippen LogP contribution in [0.25, 0.3) is 0 Å². The quantitative estimate of drug-likeness (QED) is 0.126. The SMILES string of the molecule is CCCCc1c(CCCC)c(CCCC)c2c(c1CCCC)Cc1c(CCC)c(CCC)c(CCC)c(CCC)c1C2. The van der Waals surface area contributed by atoms with Crippen LogP contribution in [0.15, 0.2) is 0 Å². The topological polar surface area (TPSA) is 0 Å². The maximum atomic E-state index is 2.41. The van der Waals surface area contributed by atoms with Crippen molar-refractivity contribution in [3.63, 3.8) is 0 Å². The molecule has 0 amide bonds. The minimum atomic E-state index is 1.21. The minimum Gasteiger partial charge on any atom is -0.0654 e. The molecule has 0 aliphatic heterocycles. The largest absolute Gasteiger partial charge is 0.0654 e. The number of unbranched alkanes of at least 4 members (excludes halogenated alkanes) is 4. The predicted molar refractivity (Wildman–Crippen MR) is 189 cm³/mol. The van der Waals surface area contributed by atoms with Crippen LogP contribution >= 0.6 is 0 Å². The van der Waals surface area contributed by atoms with Gasteiger partial charge in [0.05, 0.1) is 0 Å². The fraction of sp³-hybridized carbons (Fsp3) is 0.714. The lowest BCUT2D eigenvalue weighted by molar-refractivity contribution is 0.701. The molecule has 0 heteroatoms. The van der Waals surface area contributed by atoms with Crippen LogP contribution in [0, 0.1) is 0 Å². The van der Waals surface area contributed by atoms with Gasteiger partial charge in [-0.05, 0) is 157 Å². The fourth-order valence-corrected chi connectivity index (χ4v) is 8.22. The summed E-state index contributed by atoms with van der Waals surface area (Å²) in [4.78, 5) is 0. The van der Waals surface area contributed by atoms with Gasteiger partial charge in [-0.15, -0.1) is 0 Å². The lowest BCUT2D eigenvalue weighted by Crippen LogP contribution is -2.23. The molecule has 0 heterocycles. The summed E-state index contributed by atoms with van der Waals surface area (Å²) in [6, 6.07) is 0. The van der Waals surface area contributed by atoms with Crippen molar-refractivity contribution in [1.29, 1.82) is 0 Å². The van der Waals surface area contributed by atoms with E-state index in [1.54, 1.807) is 44.5 Å². The molecule has 1 aliphatic carbocycles. The highest BCUT2D eigenvalue weighted by Gasteiger charge is 2.31. The number of hydrogen-bond acceptors (Lipinski definition) is 0. The first-order chi connectivity index (χ1) is 20.6. The number of benzene rings is 2. The van der Waals surface area contributed by atoms with Crippen molar-refractivity contribution < 1.29 is 0 Å². The summed E-state index contributed by atoms with van der Waals surface area (Å²) in [5, 5.41) is 0. The van der Waals surface area contributed by atoms with Crippen LogP contribution in [0.2, 0.25) is 0 Å². The summed E-state index contributed by atoms with van der Waals surface area (Å²) in [7, 11) is 0. The molecule has 0 aromatic heterocycles. The molecule has 2 aromatic rings. The fourth-order valence-electron chi connectivity index (χ4n) is 8.22. The molecule has 0 atom stereocenters. The molecule has 1 aliphatic rings. The molecule has 0 nitrogen and oxygen atoms in total. The monoisotopic (exact) mass is 573 g/mol. The first-order valence-corrected chi connectivity index (χ1v) is 18.9. The molecular formula is C42H68. The van der Waals surface area contributed by atoms with Gasteiger partial charge in [0.1, 0.15) is 0 Å². The molecule has 0 bridgehead atoms. The zero-order chi connectivity index (χ0) is 30.5. The summed E-state index contributed by atoms with van der Waals surface area (Å²) >= 11 is 0. The zero-order valence-corrected chi connectivity index (χ0v) is 29.6. The standard InChI is InChI=1S/C42H68/c1-9-17-25-35-36(26-18-10-2)38(28-20-12-4)42-30-40-34(24-16-8)32(22-14-6)31(21-13-5)33(23-15-7)39(40)29-41(42)37(35)27-19-11-3/h9-30H2,1-8H3. The molecule has 0 saturated heterocycles. The van der Waals surface area contributed by atoms with E-state index in [1.165, 1.54) is 141 Å². The Bertz CT molecular complexity index is 1030. The second-order valence-corrected chi connectivity index (χ2v) is 13.5. The molecule has 0 N–H and O–H groups in total. The maximum absolute atomic E-state index is 2.41. The van der Waals surface area contributed by atoms with E-state index < -0.39 is 0 Å². The average Bonchev–Trinajstić information content (AvgIpc) is 2.99. The van der Waals surface area contributed by atoms with E-state index in [1.807, 2.05) is 22.3 Å². The first kappa shape index (κ1) is 34.9. The maximum Gasteiger partial charge on any atom is -0.00142 e. The lowest BCUT2D eigenvalue weighted by Gasteiger charge is -2.35. The van der Waals surface area contributed by atoms with Gasteiger partial charge in [0.25, 0.3) is 0 Å². The van der Waals surface area contributed by atoms with Crippen molar-refractivity contribution in [2.24, 2.45) is 0 Å². The van der Waals surface area contributed by atoms with E-state index in [-0.39, 0.29) is 0 Å². The molecular weight excluding hydrogens is 504 g/mol. The Hall–Kier alpha value is -1.56. The van der Waals surface area contributed by atoms with E-state index in [0.29, 0.717) is 0 Å². The number of hydrogen-bond donors (Lipinski definition) is 0. The molecule has 0 radical (unpaired) electrons. The lowest BCUT2D eigenvalue weighted by atomic mass is 9.69. The van der Waals surface area contributed by atoms with Crippen LogP contribution in [0.1, 0.15) is 199 Å². The van der Waals surface area contributed by atoms with E-state index in [4.69, 9.17) is 0 Å². The van der Waals surface area contributed by atoms with Crippen LogP contribution in [0.5, 0.6) is 0 Å². The van der Waals surface area contributed by atoms with Gasteiger partial charge in [0, 0.05) is 0 Å². The Morgan fingerprint density at radius 3 is 0.738 bits per heavy atom. The van der Waals surface area contributed by atoms with Crippen molar-refractivity contribution in [3.05, 3.63) is 66.8 Å². The zero-order valence-electron chi connectivity index (χ0n) is 29.6. The average molecular weight is 573 g/mol. The van der Waals surface area contributed by atoms with Crippen LogP contribution in [0.3, 0.4) is 0 Å². The van der Waals surface area contributed by atoms with Gasteiger partial charge < -0.3 is 0 Å². The molecule has 0 saturated carbocycles. The van der Waals surface area contributed by atoms with Crippen molar-refractivity contribution >= 4 is 0 Å². The van der Waals surface area contributed by atoms with E-state index >= 15 is 0 Å². The van der Waals surface area contributed by atoms with Gasteiger partial charge in [-0.1, -0.05) is 107 Å². The van der Waals surface area contributed by atoms with Crippen LogP contribution in [-0.2, 0) is 64.2 Å². The van der Waals surface area contributed by atoms with Crippen LogP contribution in [-0.4, -0.2) is 0 Å². The highest BCUT2D eigenvalue weighted by atomic mass is 14.4. The Balaban J connectivity index is 2.43. The third kappa shape index (κ3) is 7.93. The molecule has 236 valence electrons. The van der Waals surface area contributed by atoms with Gasteiger partial charge >= 0.3 is 0 Å². The number of rotatable bonds is 20. The van der Waals surface area contributed by atoms with E-state index in [2.05, 4.69) is 55.4 Å². The first-order valence-electron chi connectivity index (χ1n) is 18.9. The van der Waals surface area contributed by atoms with Gasteiger partial charge in [0.2, 0.25) is 0 Å². The van der Waals surface area contributed by atoms with Crippen molar-refractivity contribution in [1.82, 2.24) is 0 Å². The van der Waals surface area contributed by atoms with Gasteiger partial charge in [-0.25, -0.2) is 0 Å². The van der Waals surface area contributed by atoms with E-state index in [0.717, 1.165) is 0 Å². The van der Waals surface area contributed by atoms with Crippen LogP contribution < -0.4 is 0 Å². The molecule has 0 fully saturated rings. The van der Waals surface area contributed by atoms with E-state index in [9.17, 15) is 0 Å². The normalized spacial score (nSPS) is 12.6. The van der Waals surface area contributed by atoms with Gasteiger partial charge in [-0.2, -0.15) is 0 Å². The number of fused-ring (bicyclic) bond motifs is 2. The minimum absolute atomic E-state index is 1.21. The van der Waals surface area contributed by atoms with Crippen molar-refractivity contribution in [2.75, 3.05) is 0 Å². The summed E-state index contributed by atoms with van der Waals surface area (Å²) < 4.78 is 0.